The van der Waals surface area contributed by atoms with Crippen LogP contribution >= 0.6 is 11.6 Å². The number of anilines is 1. The maximum atomic E-state index is 15.0. The Hall–Kier alpha value is -3.92. The number of nitrogens with zero attached hydrogens (tertiary/aromatic N) is 4. The van der Waals surface area contributed by atoms with Gasteiger partial charge in [0.05, 0.1) is 33.2 Å². The Labute approximate surface area is 243 Å². The molecule has 0 fully saturated rings. The number of H-pyrrole nitrogens is 1. The molecule has 1 aliphatic heterocycles. The lowest BCUT2D eigenvalue weighted by Crippen LogP contribution is -2.32. The summed E-state index contributed by atoms with van der Waals surface area (Å²) in [7, 11) is 0. The van der Waals surface area contributed by atoms with Crippen molar-refractivity contribution in [2.24, 2.45) is 0 Å². The Bertz CT molecular complexity index is 1810. The van der Waals surface area contributed by atoms with Crippen LogP contribution in [0, 0.1) is 11.6 Å². The fourth-order valence-electron chi connectivity index (χ4n) is 5.86. The molecule has 4 heterocycles. The Morgan fingerprint density at radius 1 is 1.05 bits per heavy atom. The summed E-state index contributed by atoms with van der Waals surface area (Å²) < 4.78 is 71.4. The van der Waals surface area contributed by atoms with Gasteiger partial charge in [0.1, 0.15) is 5.82 Å². The van der Waals surface area contributed by atoms with Crippen molar-refractivity contribution in [2.45, 2.75) is 52.3 Å². The van der Waals surface area contributed by atoms with Crippen molar-refractivity contribution >= 4 is 28.3 Å². The normalized spacial score (nSPS) is 13.7. The zero-order valence-electron chi connectivity index (χ0n) is 22.9. The molecule has 0 amide bonds. The van der Waals surface area contributed by atoms with Gasteiger partial charge in [-0.3, -0.25) is 0 Å². The number of para-hydroxylation sites is 1. The standard InChI is InChI=1S/C31H27ClF5N5/c1-3-6-18-8-5-7-17(4-2)28(18)42-29(20-9-10-23(33)27-26(20)22(32)15-38-27)21-16-41(12-11-25(21)40-42)30-24(34)13-19(14-39-30)31(35,36)37/h5,7-10,13-15,38H,3-4,6,11-12,16H2,1-2H3. The molecule has 0 saturated carbocycles. The molecule has 0 radical (unpaired) electrons. The van der Waals surface area contributed by atoms with Gasteiger partial charge >= 0.3 is 6.18 Å². The molecule has 42 heavy (non-hydrogen) atoms. The number of halogens is 6. The van der Waals surface area contributed by atoms with Crippen molar-refractivity contribution in [3.63, 3.8) is 0 Å². The van der Waals surface area contributed by atoms with E-state index in [-0.39, 0.29) is 17.9 Å². The third kappa shape index (κ3) is 4.71. The molecule has 0 saturated heterocycles. The van der Waals surface area contributed by atoms with Crippen molar-refractivity contribution in [3.8, 4) is 16.9 Å². The summed E-state index contributed by atoms with van der Waals surface area (Å²) >= 11 is 6.60. The van der Waals surface area contributed by atoms with Gasteiger partial charge in [0.2, 0.25) is 0 Å². The van der Waals surface area contributed by atoms with Crippen LogP contribution in [0.3, 0.4) is 0 Å². The van der Waals surface area contributed by atoms with Crippen LogP contribution in [0.25, 0.3) is 27.8 Å². The predicted octanol–water partition coefficient (Wildman–Crippen LogP) is 8.44. The molecule has 0 bridgehead atoms. The summed E-state index contributed by atoms with van der Waals surface area (Å²) in [4.78, 5) is 8.40. The van der Waals surface area contributed by atoms with Crippen LogP contribution in [-0.4, -0.2) is 26.3 Å². The van der Waals surface area contributed by atoms with Crippen molar-refractivity contribution in [1.29, 1.82) is 0 Å². The number of aryl methyl sites for hydroxylation is 2. The molecule has 2 aromatic carbocycles. The van der Waals surface area contributed by atoms with Crippen LogP contribution in [0.5, 0.6) is 0 Å². The minimum atomic E-state index is -4.71. The van der Waals surface area contributed by atoms with E-state index < -0.39 is 23.4 Å². The lowest BCUT2D eigenvalue weighted by Gasteiger charge is -2.28. The van der Waals surface area contributed by atoms with E-state index in [2.05, 4.69) is 35.9 Å². The second-order valence-electron chi connectivity index (χ2n) is 10.4. The fourth-order valence-corrected chi connectivity index (χ4v) is 6.11. The summed E-state index contributed by atoms with van der Waals surface area (Å²) in [5.74, 6) is -1.68. The molecule has 0 spiro atoms. The van der Waals surface area contributed by atoms with E-state index in [0.29, 0.717) is 46.9 Å². The van der Waals surface area contributed by atoms with E-state index in [4.69, 9.17) is 16.7 Å². The number of hydrogen-bond donors (Lipinski definition) is 1. The number of fused-ring (bicyclic) bond motifs is 2. The average Bonchev–Trinajstić information content (AvgIpc) is 3.54. The molecule has 0 aliphatic carbocycles. The molecule has 218 valence electrons. The van der Waals surface area contributed by atoms with Crippen LogP contribution in [-0.2, 0) is 32.0 Å². The van der Waals surface area contributed by atoms with E-state index >= 15 is 4.39 Å². The second-order valence-corrected chi connectivity index (χ2v) is 10.8. The molecule has 6 rings (SSSR count). The van der Waals surface area contributed by atoms with Gasteiger partial charge in [0.15, 0.2) is 11.6 Å². The van der Waals surface area contributed by atoms with Gasteiger partial charge < -0.3 is 9.88 Å². The van der Waals surface area contributed by atoms with Gasteiger partial charge in [-0.1, -0.05) is 50.1 Å². The first-order valence-electron chi connectivity index (χ1n) is 13.8. The molecule has 11 heteroatoms. The lowest BCUT2D eigenvalue weighted by molar-refractivity contribution is -0.138. The van der Waals surface area contributed by atoms with E-state index in [0.717, 1.165) is 47.3 Å². The van der Waals surface area contributed by atoms with Crippen molar-refractivity contribution in [2.75, 3.05) is 11.4 Å². The van der Waals surface area contributed by atoms with Gasteiger partial charge in [-0.05, 0) is 42.2 Å². The van der Waals surface area contributed by atoms with Crippen molar-refractivity contribution < 1.29 is 22.0 Å². The van der Waals surface area contributed by atoms with Crippen LogP contribution < -0.4 is 4.90 Å². The van der Waals surface area contributed by atoms with Gasteiger partial charge in [0, 0.05) is 48.4 Å². The summed E-state index contributed by atoms with van der Waals surface area (Å²) in [6.07, 6.45) is 0.339. The maximum absolute atomic E-state index is 15.0. The fraction of sp³-hybridized carbons (Fsp3) is 0.290. The van der Waals surface area contributed by atoms with E-state index in [1.165, 1.54) is 12.3 Å². The van der Waals surface area contributed by atoms with Gasteiger partial charge in [0.25, 0.3) is 0 Å². The summed E-state index contributed by atoms with van der Waals surface area (Å²) in [6, 6.07) is 9.64. The van der Waals surface area contributed by atoms with E-state index in [9.17, 15) is 17.6 Å². The topological polar surface area (TPSA) is 49.7 Å². The van der Waals surface area contributed by atoms with Crippen LogP contribution in [0.15, 0.2) is 48.8 Å². The predicted molar refractivity (Wildman–Crippen MR) is 153 cm³/mol. The number of rotatable bonds is 6. The smallest absolute Gasteiger partial charge is 0.357 e. The number of benzene rings is 2. The Morgan fingerprint density at radius 3 is 2.55 bits per heavy atom. The molecule has 0 atom stereocenters. The third-order valence-corrected chi connectivity index (χ3v) is 8.09. The maximum Gasteiger partial charge on any atom is 0.417 e. The zero-order chi connectivity index (χ0) is 29.8. The first-order valence-corrected chi connectivity index (χ1v) is 14.1. The molecule has 1 N–H and O–H groups in total. The summed E-state index contributed by atoms with van der Waals surface area (Å²) in [5, 5.41) is 5.89. The highest BCUT2D eigenvalue weighted by Crippen LogP contribution is 2.42. The Balaban J connectivity index is 1.59. The summed E-state index contributed by atoms with van der Waals surface area (Å²) in [5.41, 5.74) is 5.05. The number of alkyl halides is 3. The van der Waals surface area contributed by atoms with Gasteiger partial charge in [-0.2, -0.15) is 18.3 Å². The van der Waals surface area contributed by atoms with E-state index in [1.54, 1.807) is 11.0 Å². The monoisotopic (exact) mass is 599 g/mol. The molecule has 0 unspecified atom stereocenters. The molecular weight excluding hydrogens is 573 g/mol. The lowest BCUT2D eigenvalue weighted by atomic mass is 9.97. The highest BCUT2D eigenvalue weighted by atomic mass is 35.5. The minimum absolute atomic E-state index is 0.137. The first-order chi connectivity index (χ1) is 20.1. The van der Waals surface area contributed by atoms with Crippen LogP contribution in [0.1, 0.15) is 48.2 Å². The molecule has 1 aliphatic rings. The molecular formula is C31H27ClF5N5. The number of aromatic amines is 1. The Morgan fingerprint density at radius 2 is 1.83 bits per heavy atom. The van der Waals surface area contributed by atoms with Crippen LogP contribution in [0.4, 0.5) is 27.8 Å². The van der Waals surface area contributed by atoms with Crippen LogP contribution in [0.2, 0.25) is 5.02 Å². The largest absolute Gasteiger partial charge is 0.417 e. The minimum Gasteiger partial charge on any atom is -0.357 e. The molecule has 5 aromatic rings. The van der Waals surface area contributed by atoms with Crippen molar-refractivity contribution in [3.05, 3.63) is 93.4 Å². The quantitative estimate of drug-likeness (QED) is 0.199. The second kappa shape index (κ2) is 10.7. The molecule has 3 aromatic heterocycles. The molecule has 5 nitrogen and oxygen atoms in total. The van der Waals surface area contributed by atoms with E-state index in [1.807, 2.05) is 10.7 Å². The average molecular weight is 600 g/mol. The highest BCUT2D eigenvalue weighted by Gasteiger charge is 2.34. The Kier molecular flexibility index (Phi) is 7.21. The summed E-state index contributed by atoms with van der Waals surface area (Å²) in [6.45, 7) is 4.61. The third-order valence-electron chi connectivity index (χ3n) is 7.79. The highest BCUT2D eigenvalue weighted by molar-refractivity contribution is 6.36. The number of hydrogen-bond acceptors (Lipinski definition) is 3. The number of aromatic nitrogens is 4. The SMILES string of the molecule is CCCc1cccc(CC)c1-n1nc2c(c1-c1ccc(F)c3[nH]cc(Cl)c13)CN(c1ncc(C(F)(F)F)cc1F)CC2. The number of nitrogens with one attached hydrogen (secondary N) is 1. The van der Waals surface area contributed by atoms with Gasteiger partial charge in [-0.25, -0.2) is 18.4 Å². The van der Waals surface area contributed by atoms with Crippen molar-refractivity contribution in [1.82, 2.24) is 19.7 Å². The van der Waals surface area contributed by atoms with Gasteiger partial charge in [-0.15, -0.1) is 0 Å². The number of pyridine rings is 1. The first kappa shape index (κ1) is 28.2. The zero-order valence-corrected chi connectivity index (χ0v) is 23.7.